The van der Waals surface area contributed by atoms with Crippen LogP contribution in [0.3, 0.4) is 0 Å². The van der Waals surface area contributed by atoms with Gasteiger partial charge in [0.05, 0.1) is 0 Å². The smallest absolute Gasteiger partial charge is 0.00545 e. The zero-order valence-electron chi connectivity index (χ0n) is 10.8. The molecule has 0 N–H and O–H groups in total. The van der Waals surface area contributed by atoms with Gasteiger partial charge in [-0.05, 0) is 55.4 Å². The van der Waals surface area contributed by atoms with Crippen LogP contribution in [0.15, 0.2) is 35.9 Å². The molecule has 3 rings (SSSR count). The molecule has 0 heterocycles. The fourth-order valence-corrected chi connectivity index (χ4v) is 3.31. The Hall–Kier alpha value is -1.30. The summed E-state index contributed by atoms with van der Waals surface area (Å²) in [7, 11) is 0. The van der Waals surface area contributed by atoms with E-state index in [2.05, 4.69) is 44.2 Å². The van der Waals surface area contributed by atoms with Gasteiger partial charge in [-0.25, -0.2) is 0 Å². The summed E-state index contributed by atoms with van der Waals surface area (Å²) in [4.78, 5) is 0. The highest BCUT2D eigenvalue weighted by atomic mass is 14.3. The van der Waals surface area contributed by atoms with Gasteiger partial charge in [-0.3, -0.25) is 0 Å². The number of fused-ring (bicyclic) bond motifs is 3. The van der Waals surface area contributed by atoms with Gasteiger partial charge in [-0.15, -0.1) is 0 Å². The molecule has 0 aromatic heterocycles. The van der Waals surface area contributed by atoms with Gasteiger partial charge in [-0.1, -0.05) is 42.3 Å². The molecule has 1 aromatic carbocycles. The normalized spacial score (nSPS) is 23.1. The van der Waals surface area contributed by atoms with E-state index in [0.717, 1.165) is 0 Å². The third kappa shape index (κ3) is 1.76. The first-order valence-electron chi connectivity index (χ1n) is 6.74. The fraction of sp³-hybridized carbons (Fsp3) is 0.412. The quantitative estimate of drug-likeness (QED) is 0.600. The Labute approximate surface area is 104 Å². The molecule has 17 heavy (non-hydrogen) atoms. The number of hydrogen-bond acceptors (Lipinski definition) is 0. The van der Waals surface area contributed by atoms with Crippen LogP contribution in [0.25, 0.3) is 5.57 Å². The fourth-order valence-electron chi connectivity index (χ4n) is 3.31. The van der Waals surface area contributed by atoms with Crippen molar-refractivity contribution >= 4 is 5.57 Å². The zero-order chi connectivity index (χ0) is 11.8. The van der Waals surface area contributed by atoms with E-state index in [4.69, 9.17) is 0 Å². The van der Waals surface area contributed by atoms with Crippen molar-refractivity contribution in [2.24, 2.45) is 5.92 Å². The minimum Gasteiger partial charge on any atom is -0.0658 e. The molecule has 0 fully saturated rings. The van der Waals surface area contributed by atoms with Gasteiger partial charge in [0.15, 0.2) is 0 Å². The number of hydrogen-bond donors (Lipinski definition) is 0. The highest BCUT2D eigenvalue weighted by Gasteiger charge is 2.24. The first-order valence-corrected chi connectivity index (χ1v) is 6.74. The van der Waals surface area contributed by atoms with E-state index >= 15 is 0 Å². The molecule has 0 bridgehead atoms. The second-order valence-corrected chi connectivity index (χ2v) is 5.43. The Balaban J connectivity index is 2.12. The molecule has 0 heteroatoms. The summed E-state index contributed by atoms with van der Waals surface area (Å²) in [5.74, 6) is 0.691. The highest BCUT2D eigenvalue weighted by molar-refractivity contribution is 5.77. The van der Waals surface area contributed by atoms with Gasteiger partial charge in [0.25, 0.3) is 0 Å². The summed E-state index contributed by atoms with van der Waals surface area (Å²) in [5, 5.41) is 0. The number of benzene rings is 1. The number of aryl methyl sites for hydroxylation is 1. The molecule has 2 aliphatic rings. The zero-order valence-corrected chi connectivity index (χ0v) is 10.8. The Morgan fingerprint density at radius 1 is 1.06 bits per heavy atom. The minimum atomic E-state index is 0.691. The van der Waals surface area contributed by atoms with Crippen molar-refractivity contribution < 1.29 is 0 Å². The standard InChI is InChI=1S/C17H20/c1-12-6-5-9-16-14(12)7-3-4-8-15-13(2)10-11-17(15)16/h5-6,9-11,15H,3-4,7-8H2,1-2H3. The molecular weight excluding hydrogens is 204 g/mol. The highest BCUT2D eigenvalue weighted by Crippen LogP contribution is 2.41. The predicted molar refractivity (Wildman–Crippen MR) is 74.0 cm³/mol. The second-order valence-electron chi connectivity index (χ2n) is 5.43. The molecule has 0 aliphatic heterocycles. The Kier molecular flexibility index (Phi) is 2.66. The SMILES string of the molecule is CC1=CC=C2c3cccc(C)c3CCCCC12. The summed E-state index contributed by atoms with van der Waals surface area (Å²) < 4.78 is 0. The van der Waals surface area contributed by atoms with Gasteiger partial charge < -0.3 is 0 Å². The molecule has 0 amide bonds. The van der Waals surface area contributed by atoms with E-state index in [1.807, 2.05) is 0 Å². The van der Waals surface area contributed by atoms with Crippen LogP contribution in [0.1, 0.15) is 42.9 Å². The molecule has 1 aromatic rings. The molecular formula is C17H20. The van der Waals surface area contributed by atoms with Crippen LogP contribution in [-0.4, -0.2) is 0 Å². The predicted octanol–water partition coefficient (Wildman–Crippen LogP) is 4.68. The average molecular weight is 224 g/mol. The van der Waals surface area contributed by atoms with Crippen molar-refractivity contribution in [1.82, 2.24) is 0 Å². The van der Waals surface area contributed by atoms with Crippen LogP contribution in [0.2, 0.25) is 0 Å². The van der Waals surface area contributed by atoms with Crippen LogP contribution in [0.4, 0.5) is 0 Å². The lowest BCUT2D eigenvalue weighted by Gasteiger charge is -2.24. The molecule has 0 spiro atoms. The van der Waals surface area contributed by atoms with Crippen LogP contribution < -0.4 is 0 Å². The van der Waals surface area contributed by atoms with E-state index < -0.39 is 0 Å². The number of rotatable bonds is 0. The molecule has 1 atom stereocenters. The first-order chi connectivity index (χ1) is 8.27. The van der Waals surface area contributed by atoms with Crippen molar-refractivity contribution in [3.8, 4) is 0 Å². The van der Waals surface area contributed by atoms with E-state index in [1.165, 1.54) is 36.8 Å². The molecule has 0 saturated heterocycles. The molecule has 88 valence electrons. The van der Waals surface area contributed by atoms with Gasteiger partial charge in [0, 0.05) is 5.92 Å². The largest absolute Gasteiger partial charge is 0.0658 e. The molecule has 2 aliphatic carbocycles. The Morgan fingerprint density at radius 3 is 2.82 bits per heavy atom. The van der Waals surface area contributed by atoms with Crippen molar-refractivity contribution in [2.45, 2.75) is 39.5 Å². The molecule has 0 nitrogen and oxygen atoms in total. The maximum absolute atomic E-state index is 2.35. The van der Waals surface area contributed by atoms with Gasteiger partial charge >= 0.3 is 0 Å². The van der Waals surface area contributed by atoms with Crippen LogP contribution in [-0.2, 0) is 6.42 Å². The Morgan fingerprint density at radius 2 is 1.94 bits per heavy atom. The maximum atomic E-state index is 2.35. The average Bonchev–Trinajstić information content (AvgIpc) is 2.63. The lowest BCUT2D eigenvalue weighted by molar-refractivity contribution is 0.601. The third-order valence-electron chi connectivity index (χ3n) is 4.34. The lowest BCUT2D eigenvalue weighted by Crippen LogP contribution is -2.09. The monoisotopic (exact) mass is 224 g/mol. The number of allylic oxidation sites excluding steroid dienone is 4. The van der Waals surface area contributed by atoms with Crippen LogP contribution in [0.5, 0.6) is 0 Å². The molecule has 0 saturated carbocycles. The van der Waals surface area contributed by atoms with E-state index in [9.17, 15) is 0 Å². The van der Waals surface area contributed by atoms with E-state index in [-0.39, 0.29) is 0 Å². The summed E-state index contributed by atoms with van der Waals surface area (Å²) in [6.07, 6.45) is 9.96. The van der Waals surface area contributed by atoms with Crippen LogP contribution in [0, 0.1) is 12.8 Å². The Bertz CT molecular complexity index is 503. The summed E-state index contributed by atoms with van der Waals surface area (Å²) in [6, 6.07) is 6.78. The topological polar surface area (TPSA) is 0 Å². The molecule has 1 unspecified atom stereocenters. The summed E-state index contributed by atoms with van der Waals surface area (Å²) >= 11 is 0. The summed E-state index contributed by atoms with van der Waals surface area (Å²) in [5.41, 5.74) is 7.69. The van der Waals surface area contributed by atoms with Crippen molar-refractivity contribution in [3.05, 3.63) is 52.6 Å². The first kappa shape index (κ1) is 10.8. The molecule has 0 radical (unpaired) electrons. The van der Waals surface area contributed by atoms with E-state index in [1.54, 1.807) is 16.7 Å². The lowest BCUT2D eigenvalue weighted by atomic mass is 9.80. The van der Waals surface area contributed by atoms with Crippen molar-refractivity contribution in [3.63, 3.8) is 0 Å². The van der Waals surface area contributed by atoms with Gasteiger partial charge in [0.1, 0.15) is 0 Å². The minimum absolute atomic E-state index is 0.691. The second kappa shape index (κ2) is 4.18. The summed E-state index contributed by atoms with van der Waals surface area (Å²) in [6.45, 7) is 4.54. The van der Waals surface area contributed by atoms with E-state index in [0.29, 0.717) is 5.92 Å². The maximum Gasteiger partial charge on any atom is 0.00545 e. The van der Waals surface area contributed by atoms with Gasteiger partial charge in [-0.2, -0.15) is 0 Å². The van der Waals surface area contributed by atoms with Crippen molar-refractivity contribution in [2.75, 3.05) is 0 Å². The van der Waals surface area contributed by atoms with Crippen molar-refractivity contribution in [1.29, 1.82) is 0 Å². The van der Waals surface area contributed by atoms with Gasteiger partial charge in [0.2, 0.25) is 0 Å². The van der Waals surface area contributed by atoms with Crippen LogP contribution >= 0.6 is 0 Å². The third-order valence-corrected chi connectivity index (χ3v) is 4.34.